The first-order chi connectivity index (χ1) is 6.56. The highest BCUT2D eigenvalue weighted by Gasteiger charge is 2.03. The predicted molar refractivity (Wildman–Crippen MR) is 64.6 cm³/mol. The van der Waals surface area contributed by atoms with Crippen molar-refractivity contribution in [1.29, 1.82) is 0 Å². The largest absolute Gasteiger partial charge is 0.315 e. The SMILES string of the molecule is CCC(C)CNC(C)CNCC(C)C. The summed E-state index contributed by atoms with van der Waals surface area (Å²) in [4.78, 5) is 0. The molecule has 86 valence electrons. The Morgan fingerprint density at radius 1 is 0.929 bits per heavy atom. The first-order valence-corrected chi connectivity index (χ1v) is 6.00. The van der Waals surface area contributed by atoms with E-state index < -0.39 is 0 Å². The van der Waals surface area contributed by atoms with Crippen LogP contribution in [-0.2, 0) is 0 Å². The Balaban J connectivity index is 3.32. The highest BCUT2D eigenvalue weighted by atomic mass is 15.0. The van der Waals surface area contributed by atoms with E-state index in [1.54, 1.807) is 0 Å². The molecule has 0 aromatic rings. The third-order valence-electron chi connectivity index (χ3n) is 2.51. The van der Waals surface area contributed by atoms with Gasteiger partial charge in [-0.3, -0.25) is 0 Å². The van der Waals surface area contributed by atoms with Crippen LogP contribution in [0.15, 0.2) is 0 Å². The van der Waals surface area contributed by atoms with Gasteiger partial charge in [0.25, 0.3) is 0 Å². The van der Waals surface area contributed by atoms with Gasteiger partial charge in [-0.2, -0.15) is 0 Å². The Morgan fingerprint density at radius 2 is 1.57 bits per heavy atom. The van der Waals surface area contributed by atoms with Crippen molar-refractivity contribution in [3.8, 4) is 0 Å². The summed E-state index contributed by atoms with van der Waals surface area (Å²) >= 11 is 0. The second-order valence-electron chi connectivity index (χ2n) is 4.87. The molecule has 0 spiro atoms. The van der Waals surface area contributed by atoms with E-state index in [0.717, 1.165) is 31.5 Å². The lowest BCUT2D eigenvalue weighted by Gasteiger charge is -2.18. The molecule has 0 amide bonds. The molecule has 0 rings (SSSR count). The molecule has 0 aliphatic heterocycles. The van der Waals surface area contributed by atoms with Crippen LogP contribution in [0.25, 0.3) is 0 Å². The summed E-state index contributed by atoms with van der Waals surface area (Å²) in [5.74, 6) is 1.54. The topological polar surface area (TPSA) is 24.1 Å². The Kier molecular flexibility index (Phi) is 8.20. The van der Waals surface area contributed by atoms with Crippen LogP contribution in [0.5, 0.6) is 0 Å². The van der Waals surface area contributed by atoms with Crippen molar-refractivity contribution in [2.45, 2.75) is 47.1 Å². The molecule has 0 saturated heterocycles. The normalized spacial score (nSPS) is 15.9. The summed E-state index contributed by atoms with van der Waals surface area (Å²) < 4.78 is 0. The summed E-state index contributed by atoms with van der Waals surface area (Å²) in [6.07, 6.45) is 1.26. The minimum absolute atomic E-state index is 0.586. The molecule has 0 aliphatic carbocycles. The van der Waals surface area contributed by atoms with E-state index in [-0.39, 0.29) is 0 Å². The maximum atomic E-state index is 3.54. The second-order valence-corrected chi connectivity index (χ2v) is 4.87. The summed E-state index contributed by atoms with van der Waals surface area (Å²) in [7, 11) is 0. The Hall–Kier alpha value is -0.0800. The third-order valence-corrected chi connectivity index (χ3v) is 2.51. The molecular formula is C12H28N2. The van der Waals surface area contributed by atoms with E-state index in [4.69, 9.17) is 0 Å². The molecule has 0 aliphatic rings. The van der Waals surface area contributed by atoms with Crippen LogP contribution in [0.2, 0.25) is 0 Å². The monoisotopic (exact) mass is 200 g/mol. The van der Waals surface area contributed by atoms with Crippen LogP contribution in [0.3, 0.4) is 0 Å². The zero-order valence-corrected chi connectivity index (χ0v) is 10.6. The van der Waals surface area contributed by atoms with Crippen molar-refractivity contribution in [3.63, 3.8) is 0 Å². The van der Waals surface area contributed by atoms with Crippen molar-refractivity contribution in [3.05, 3.63) is 0 Å². The molecule has 0 saturated carbocycles. The van der Waals surface area contributed by atoms with Crippen LogP contribution in [-0.4, -0.2) is 25.7 Å². The molecule has 2 nitrogen and oxygen atoms in total. The molecule has 2 atom stereocenters. The van der Waals surface area contributed by atoms with Crippen LogP contribution in [0, 0.1) is 11.8 Å². The van der Waals surface area contributed by atoms with Gasteiger partial charge in [0.15, 0.2) is 0 Å². The van der Waals surface area contributed by atoms with E-state index in [1.807, 2.05) is 0 Å². The van der Waals surface area contributed by atoms with Gasteiger partial charge in [-0.05, 0) is 31.8 Å². The zero-order valence-electron chi connectivity index (χ0n) is 10.6. The van der Waals surface area contributed by atoms with Crippen LogP contribution >= 0.6 is 0 Å². The van der Waals surface area contributed by atoms with Crippen LogP contribution in [0.4, 0.5) is 0 Å². The first kappa shape index (κ1) is 13.9. The van der Waals surface area contributed by atoms with Crippen molar-refractivity contribution >= 4 is 0 Å². The maximum Gasteiger partial charge on any atom is 0.0164 e. The lowest BCUT2D eigenvalue weighted by Crippen LogP contribution is -2.39. The molecule has 0 bridgehead atoms. The van der Waals surface area contributed by atoms with Crippen LogP contribution < -0.4 is 10.6 Å². The van der Waals surface area contributed by atoms with Crippen molar-refractivity contribution in [1.82, 2.24) is 10.6 Å². The molecule has 0 fully saturated rings. The maximum absolute atomic E-state index is 3.54. The Morgan fingerprint density at radius 3 is 2.07 bits per heavy atom. The summed E-state index contributed by atoms with van der Waals surface area (Å²) in [6.45, 7) is 14.6. The van der Waals surface area contributed by atoms with Gasteiger partial charge in [0, 0.05) is 12.6 Å². The smallest absolute Gasteiger partial charge is 0.0164 e. The zero-order chi connectivity index (χ0) is 11.0. The highest BCUT2D eigenvalue weighted by Crippen LogP contribution is 1.97. The first-order valence-electron chi connectivity index (χ1n) is 6.00. The molecule has 0 radical (unpaired) electrons. The summed E-state index contributed by atoms with van der Waals surface area (Å²) in [5.41, 5.74) is 0. The lowest BCUT2D eigenvalue weighted by atomic mass is 10.1. The molecule has 2 heteroatoms. The third kappa shape index (κ3) is 8.52. The highest BCUT2D eigenvalue weighted by molar-refractivity contribution is 4.66. The molecule has 0 heterocycles. The van der Waals surface area contributed by atoms with Gasteiger partial charge in [-0.25, -0.2) is 0 Å². The molecule has 2 N–H and O–H groups in total. The quantitative estimate of drug-likeness (QED) is 0.628. The fourth-order valence-corrected chi connectivity index (χ4v) is 1.21. The van der Waals surface area contributed by atoms with E-state index in [1.165, 1.54) is 6.42 Å². The Labute approximate surface area is 89.9 Å². The summed E-state index contributed by atoms with van der Waals surface area (Å²) in [5, 5.41) is 7.01. The van der Waals surface area contributed by atoms with E-state index in [9.17, 15) is 0 Å². The van der Waals surface area contributed by atoms with Gasteiger partial charge in [0.2, 0.25) is 0 Å². The standard InChI is InChI=1S/C12H28N2/c1-6-11(4)8-14-12(5)9-13-7-10(2)3/h10-14H,6-9H2,1-5H3. The minimum Gasteiger partial charge on any atom is -0.315 e. The molecular weight excluding hydrogens is 172 g/mol. The second kappa shape index (κ2) is 8.25. The number of hydrogen-bond acceptors (Lipinski definition) is 2. The van der Waals surface area contributed by atoms with Gasteiger partial charge in [0.05, 0.1) is 0 Å². The molecule has 2 unspecified atom stereocenters. The molecule has 0 aromatic heterocycles. The fraction of sp³-hybridized carbons (Fsp3) is 1.00. The van der Waals surface area contributed by atoms with Crippen molar-refractivity contribution in [2.75, 3.05) is 19.6 Å². The van der Waals surface area contributed by atoms with Gasteiger partial charge in [-0.1, -0.05) is 34.1 Å². The van der Waals surface area contributed by atoms with E-state index in [2.05, 4.69) is 45.3 Å². The van der Waals surface area contributed by atoms with Gasteiger partial charge >= 0.3 is 0 Å². The average Bonchev–Trinajstić information content (AvgIpc) is 2.13. The minimum atomic E-state index is 0.586. The van der Waals surface area contributed by atoms with Gasteiger partial charge < -0.3 is 10.6 Å². The fourth-order valence-electron chi connectivity index (χ4n) is 1.21. The van der Waals surface area contributed by atoms with Gasteiger partial charge in [0.1, 0.15) is 0 Å². The van der Waals surface area contributed by atoms with Crippen molar-refractivity contribution < 1.29 is 0 Å². The van der Waals surface area contributed by atoms with Crippen molar-refractivity contribution in [2.24, 2.45) is 11.8 Å². The number of rotatable bonds is 8. The predicted octanol–water partition coefficient (Wildman–Crippen LogP) is 2.26. The number of nitrogens with one attached hydrogen (secondary N) is 2. The molecule has 14 heavy (non-hydrogen) atoms. The van der Waals surface area contributed by atoms with Gasteiger partial charge in [-0.15, -0.1) is 0 Å². The van der Waals surface area contributed by atoms with Crippen LogP contribution in [0.1, 0.15) is 41.0 Å². The van der Waals surface area contributed by atoms with E-state index >= 15 is 0 Å². The van der Waals surface area contributed by atoms with E-state index in [0.29, 0.717) is 6.04 Å². The lowest BCUT2D eigenvalue weighted by molar-refractivity contribution is 0.427. The summed E-state index contributed by atoms with van der Waals surface area (Å²) in [6, 6.07) is 0.586. The molecule has 0 aromatic carbocycles. The average molecular weight is 200 g/mol. The Bertz CT molecular complexity index is 123. The number of hydrogen-bond donors (Lipinski definition) is 2.